The van der Waals surface area contributed by atoms with Gasteiger partial charge in [-0.1, -0.05) is 42.8 Å². The van der Waals surface area contributed by atoms with E-state index in [0.717, 1.165) is 11.1 Å². The summed E-state index contributed by atoms with van der Waals surface area (Å²) in [6.07, 6.45) is 0.674. The van der Waals surface area contributed by atoms with Crippen molar-refractivity contribution in [2.75, 3.05) is 6.61 Å². The number of rotatable bonds is 5. The maximum Gasteiger partial charge on any atom is 0.416 e. The monoisotopic (exact) mass is 287 g/mol. The Morgan fingerprint density at radius 3 is 2.71 bits per heavy atom. The molecule has 0 saturated carbocycles. The second kappa shape index (κ2) is 6.57. The number of carbonyl (C=O) groups excluding carboxylic acids is 2. The Hall–Kier alpha value is -2.10. The molecule has 2 rings (SSSR count). The average Bonchev–Trinajstić information content (AvgIpc) is 2.79. The van der Waals surface area contributed by atoms with Crippen LogP contribution in [0.25, 0.3) is 0 Å². The molecule has 0 unspecified atom stereocenters. The van der Waals surface area contributed by atoms with E-state index in [4.69, 9.17) is 4.74 Å². The number of hydrogen-bond acceptors (Lipinski definition) is 3. The minimum Gasteiger partial charge on any atom is -0.447 e. The molecule has 0 spiro atoms. The molecule has 0 aromatic heterocycles. The van der Waals surface area contributed by atoms with E-state index in [2.05, 4.69) is 6.58 Å². The van der Waals surface area contributed by atoms with Crippen LogP contribution in [0.2, 0.25) is 0 Å². The van der Waals surface area contributed by atoms with Crippen molar-refractivity contribution in [3.63, 3.8) is 0 Å². The molecule has 0 bridgehead atoms. The number of amides is 2. The van der Waals surface area contributed by atoms with Crippen LogP contribution in [0.15, 0.2) is 42.5 Å². The first kappa shape index (κ1) is 15.3. The Labute approximate surface area is 125 Å². The molecule has 4 nitrogen and oxygen atoms in total. The normalized spacial score (nSPS) is 19.2. The number of ether oxygens (including phenoxy) is 1. The average molecular weight is 287 g/mol. The number of imide groups is 1. The van der Waals surface area contributed by atoms with Gasteiger partial charge in [-0.2, -0.15) is 0 Å². The highest BCUT2D eigenvalue weighted by atomic mass is 16.6. The molecule has 2 amide bonds. The molecule has 1 saturated heterocycles. The zero-order valence-corrected chi connectivity index (χ0v) is 12.5. The largest absolute Gasteiger partial charge is 0.447 e. The molecule has 2 atom stereocenters. The minimum absolute atomic E-state index is 0.179. The lowest BCUT2D eigenvalue weighted by Crippen LogP contribution is -2.43. The van der Waals surface area contributed by atoms with Gasteiger partial charge in [0.15, 0.2) is 0 Å². The number of allylic oxidation sites excluding steroid dienone is 1. The Morgan fingerprint density at radius 1 is 1.43 bits per heavy atom. The van der Waals surface area contributed by atoms with Gasteiger partial charge in [-0.15, -0.1) is 6.58 Å². The van der Waals surface area contributed by atoms with Crippen LogP contribution < -0.4 is 0 Å². The molecule has 1 aliphatic rings. The minimum atomic E-state index is -0.533. The molecule has 112 valence electrons. The van der Waals surface area contributed by atoms with Gasteiger partial charge >= 0.3 is 6.09 Å². The molecule has 0 N–H and O–H groups in total. The van der Waals surface area contributed by atoms with E-state index in [0.29, 0.717) is 12.8 Å². The fourth-order valence-electron chi connectivity index (χ4n) is 2.61. The maximum atomic E-state index is 12.5. The quantitative estimate of drug-likeness (QED) is 0.781. The van der Waals surface area contributed by atoms with Gasteiger partial charge in [-0.3, -0.25) is 4.79 Å². The summed E-state index contributed by atoms with van der Waals surface area (Å²) in [6, 6.07) is 9.59. The zero-order chi connectivity index (χ0) is 15.4. The second-order valence-corrected chi connectivity index (χ2v) is 5.69. The van der Waals surface area contributed by atoms with Crippen molar-refractivity contribution in [2.24, 2.45) is 5.92 Å². The number of cyclic esters (lactones) is 1. The zero-order valence-electron chi connectivity index (χ0n) is 12.5. The molecule has 0 radical (unpaired) electrons. The summed E-state index contributed by atoms with van der Waals surface area (Å²) >= 11 is 0. The number of nitrogens with zero attached hydrogens (tertiary/aromatic N) is 1. The predicted octanol–water partition coefficient (Wildman–Crippen LogP) is 3.18. The van der Waals surface area contributed by atoms with E-state index in [1.54, 1.807) is 0 Å². The van der Waals surface area contributed by atoms with Gasteiger partial charge in [0.2, 0.25) is 5.91 Å². The third-order valence-electron chi connectivity index (χ3n) is 3.59. The van der Waals surface area contributed by atoms with Crippen LogP contribution in [0.3, 0.4) is 0 Å². The van der Waals surface area contributed by atoms with Crippen molar-refractivity contribution in [1.29, 1.82) is 0 Å². The van der Waals surface area contributed by atoms with Crippen molar-refractivity contribution in [1.82, 2.24) is 4.90 Å². The molecule has 0 aliphatic carbocycles. The van der Waals surface area contributed by atoms with Crippen LogP contribution in [0.4, 0.5) is 4.79 Å². The standard InChI is InChI=1S/C17H21NO3/c1-12(2)9-13(3)16(19)18-15(11-21-17(18)20)10-14-7-5-4-6-8-14/h4-8,13,15H,1,9-11H2,2-3H3/t13-,15+/m0/s1. The van der Waals surface area contributed by atoms with Crippen LogP contribution in [0.5, 0.6) is 0 Å². The van der Waals surface area contributed by atoms with Crippen molar-refractivity contribution >= 4 is 12.0 Å². The molecule has 1 heterocycles. The van der Waals surface area contributed by atoms with E-state index in [1.165, 1.54) is 4.90 Å². The number of benzene rings is 1. The lowest BCUT2D eigenvalue weighted by Gasteiger charge is -2.23. The van der Waals surface area contributed by atoms with Crippen LogP contribution >= 0.6 is 0 Å². The van der Waals surface area contributed by atoms with E-state index in [-0.39, 0.29) is 24.5 Å². The molecule has 1 aromatic rings. The van der Waals surface area contributed by atoms with Gasteiger partial charge < -0.3 is 4.74 Å². The Balaban J connectivity index is 2.09. The molecular formula is C17H21NO3. The van der Waals surface area contributed by atoms with Gasteiger partial charge in [-0.05, 0) is 25.3 Å². The fraction of sp³-hybridized carbons (Fsp3) is 0.412. The molecule has 1 aromatic carbocycles. The lowest BCUT2D eigenvalue weighted by molar-refractivity contribution is -0.132. The van der Waals surface area contributed by atoms with Crippen molar-refractivity contribution in [3.8, 4) is 0 Å². The van der Waals surface area contributed by atoms with Gasteiger partial charge in [0.25, 0.3) is 0 Å². The van der Waals surface area contributed by atoms with E-state index in [9.17, 15) is 9.59 Å². The van der Waals surface area contributed by atoms with Crippen molar-refractivity contribution < 1.29 is 14.3 Å². The second-order valence-electron chi connectivity index (χ2n) is 5.69. The molecule has 4 heteroatoms. The first-order valence-electron chi connectivity index (χ1n) is 7.17. The third-order valence-corrected chi connectivity index (χ3v) is 3.59. The smallest absolute Gasteiger partial charge is 0.416 e. The fourth-order valence-corrected chi connectivity index (χ4v) is 2.61. The molecule has 21 heavy (non-hydrogen) atoms. The number of carbonyl (C=O) groups is 2. The van der Waals surface area contributed by atoms with Crippen LogP contribution in [0.1, 0.15) is 25.8 Å². The summed E-state index contributed by atoms with van der Waals surface area (Å²) in [5.74, 6) is -0.437. The summed E-state index contributed by atoms with van der Waals surface area (Å²) in [4.78, 5) is 25.6. The van der Waals surface area contributed by atoms with Gasteiger partial charge in [-0.25, -0.2) is 9.69 Å². The highest BCUT2D eigenvalue weighted by molar-refractivity contribution is 5.94. The van der Waals surface area contributed by atoms with Gasteiger partial charge in [0.1, 0.15) is 6.61 Å². The summed E-state index contributed by atoms with van der Waals surface area (Å²) in [5, 5.41) is 0. The Morgan fingerprint density at radius 2 is 2.10 bits per heavy atom. The van der Waals surface area contributed by atoms with E-state index in [1.807, 2.05) is 44.2 Å². The Bertz CT molecular complexity index is 538. The van der Waals surface area contributed by atoms with E-state index < -0.39 is 6.09 Å². The summed E-state index contributed by atoms with van der Waals surface area (Å²) < 4.78 is 5.07. The first-order chi connectivity index (χ1) is 9.99. The van der Waals surface area contributed by atoms with E-state index >= 15 is 0 Å². The van der Waals surface area contributed by atoms with Crippen LogP contribution in [-0.4, -0.2) is 29.5 Å². The molecule has 1 fully saturated rings. The molecule has 1 aliphatic heterocycles. The van der Waals surface area contributed by atoms with Crippen molar-refractivity contribution in [3.05, 3.63) is 48.0 Å². The summed E-state index contributed by atoms with van der Waals surface area (Å²) in [7, 11) is 0. The highest BCUT2D eigenvalue weighted by Crippen LogP contribution is 2.22. The summed E-state index contributed by atoms with van der Waals surface area (Å²) in [5.41, 5.74) is 2.02. The first-order valence-corrected chi connectivity index (χ1v) is 7.17. The highest BCUT2D eigenvalue weighted by Gasteiger charge is 2.39. The maximum absolute atomic E-state index is 12.5. The molecular weight excluding hydrogens is 266 g/mol. The van der Waals surface area contributed by atoms with Crippen LogP contribution in [0, 0.1) is 5.92 Å². The third kappa shape index (κ3) is 3.72. The SMILES string of the molecule is C=C(C)C[C@H](C)C(=O)N1C(=O)OC[C@H]1Cc1ccccc1. The van der Waals surface area contributed by atoms with Crippen LogP contribution in [-0.2, 0) is 16.0 Å². The lowest BCUT2D eigenvalue weighted by atomic mass is 10.00. The summed E-state index contributed by atoms with van der Waals surface area (Å²) in [6.45, 7) is 7.79. The van der Waals surface area contributed by atoms with Gasteiger partial charge in [0, 0.05) is 5.92 Å². The van der Waals surface area contributed by atoms with Gasteiger partial charge in [0.05, 0.1) is 6.04 Å². The van der Waals surface area contributed by atoms with Crippen molar-refractivity contribution in [2.45, 2.75) is 32.7 Å². The predicted molar refractivity (Wildman–Crippen MR) is 80.7 cm³/mol. The number of hydrogen-bond donors (Lipinski definition) is 0. The Kier molecular flexibility index (Phi) is 4.78. The topological polar surface area (TPSA) is 46.6 Å².